The summed E-state index contributed by atoms with van der Waals surface area (Å²) in [5, 5.41) is 22.9. The monoisotopic (exact) mass is 500 g/mol. The summed E-state index contributed by atoms with van der Waals surface area (Å²) >= 11 is 1.31. The zero-order chi connectivity index (χ0) is 24.7. The highest BCUT2D eigenvalue weighted by atomic mass is 32.1. The second-order valence-electron chi connectivity index (χ2n) is 6.87. The summed E-state index contributed by atoms with van der Waals surface area (Å²) in [5.41, 5.74) is -1.32. The normalized spacial score (nSPS) is 10.9. The number of carbonyl (C=O) groups is 1. The number of carbonyl (C=O) groups excluding carboxylic acids is 1. The Hall–Kier alpha value is -4.23. The zero-order valence-electron chi connectivity index (χ0n) is 17.3. The van der Waals surface area contributed by atoms with Gasteiger partial charge >= 0.3 is 0 Å². The third-order valence-corrected chi connectivity index (χ3v) is 7.01. The van der Waals surface area contributed by atoms with Crippen LogP contribution in [0.5, 0.6) is 11.5 Å². The van der Waals surface area contributed by atoms with E-state index < -0.39 is 25.1 Å². The highest BCUT2D eigenvalue weighted by Crippen LogP contribution is 2.35. The summed E-state index contributed by atoms with van der Waals surface area (Å²) < 4.78 is 9.55. The Morgan fingerprint density at radius 1 is 0.735 bits per heavy atom. The molecule has 0 aliphatic carbocycles. The molecule has 0 fully saturated rings. The van der Waals surface area contributed by atoms with Crippen molar-refractivity contribution in [2.75, 3.05) is 14.2 Å². The van der Waals surface area contributed by atoms with Crippen LogP contribution in [0.25, 0.3) is 20.2 Å². The number of nitro benzene ring substituents is 2. The first-order valence-electron chi connectivity index (χ1n) is 9.30. The van der Waals surface area contributed by atoms with E-state index in [1.165, 1.54) is 50.6 Å². The molecule has 4 rings (SSSR count). The molecule has 0 radical (unpaired) electrons. The van der Waals surface area contributed by atoms with Crippen molar-refractivity contribution in [2.24, 2.45) is 0 Å². The third-order valence-electron chi connectivity index (χ3n) is 4.92. The van der Waals surface area contributed by atoms with Crippen LogP contribution < -0.4 is 19.0 Å². The fourth-order valence-corrected chi connectivity index (χ4v) is 5.20. The van der Waals surface area contributed by atoms with Crippen LogP contribution in [0.4, 0.5) is 11.4 Å². The van der Waals surface area contributed by atoms with Crippen LogP contribution >= 0.6 is 22.7 Å². The number of methoxy groups -OCH3 is 2. The van der Waals surface area contributed by atoms with Crippen LogP contribution in [0.2, 0.25) is 0 Å². The molecule has 172 valence electrons. The van der Waals surface area contributed by atoms with Crippen molar-refractivity contribution in [3.63, 3.8) is 0 Å². The van der Waals surface area contributed by atoms with Gasteiger partial charge in [-0.1, -0.05) is 22.7 Å². The lowest BCUT2D eigenvalue weighted by atomic mass is 10.0. The first-order chi connectivity index (χ1) is 16.1. The van der Waals surface area contributed by atoms with Gasteiger partial charge in [0.15, 0.2) is 0 Å². The maximum absolute atomic E-state index is 13.2. The van der Waals surface area contributed by atoms with Crippen molar-refractivity contribution in [1.82, 2.24) is 0 Å². The van der Waals surface area contributed by atoms with Crippen molar-refractivity contribution in [1.29, 1.82) is 0 Å². The average molecular weight is 500 g/mol. The number of rotatable bonds is 6. The second-order valence-corrected chi connectivity index (χ2v) is 8.84. The van der Waals surface area contributed by atoms with Crippen LogP contribution in [0, 0.1) is 20.2 Å². The number of ether oxygens (including phenoxy) is 2. The summed E-state index contributed by atoms with van der Waals surface area (Å²) in [4.78, 5) is 59.9. The van der Waals surface area contributed by atoms with E-state index in [1.807, 2.05) is 0 Å². The average Bonchev–Trinajstić information content (AvgIpc) is 2.81. The van der Waals surface area contributed by atoms with E-state index in [2.05, 4.69) is 0 Å². The number of non-ortho nitro benzene ring substituents is 2. The van der Waals surface area contributed by atoms with Crippen molar-refractivity contribution in [2.45, 2.75) is 0 Å². The Bertz CT molecular complexity index is 1540. The van der Waals surface area contributed by atoms with E-state index >= 15 is 0 Å². The Morgan fingerprint density at radius 2 is 1.12 bits per heavy atom. The maximum Gasteiger partial charge on any atom is 0.273 e. The smallest absolute Gasteiger partial charge is 0.273 e. The molecule has 11 nitrogen and oxygen atoms in total. The van der Waals surface area contributed by atoms with E-state index in [-0.39, 0.29) is 44.8 Å². The van der Waals surface area contributed by atoms with Crippen molar-refractivity contribution >= 4 is 60.0 Å². The van der Waals surface area contributed by atoms with Gasteiger partial charge in [0.2, 0.25) is 15.3 Å². The van der Waals surface area contributed by atoms with E-state index in [0.29, 0.717) is 32.1 Å². The third kappa shape index (κ3) is 3.86. The molecule has 0 saturated heterocycles. The summed E-state index contributed by atoms with van der Waals surface area (Å²) in [7, 11) is 2.59. The molecule has 0 amide bonds. The standard InChI is InChI=1S/C21H12N2O9S2/c1-31-15-7-11(22(27)28)3-9-5-13(20(25)33-18(9)15)17(24)14-6-10-4-12(23(29)30)8-16(32-2)19(10)34-21(14)26/h3-8H,1-2H3. The fourth-order valence-electron chi connectivity index (χ4n) is 3.35. The van der Waals surface area contributed by atoms with Gasteiger partial charge in [0.05, 0.1) is 56.7 Å². The summed E-state index contributed by atoms with van der Waals surface area (Å²) in [6.07, 6.45) is 0. The van der Waals surface area contributed by atoms with Crippen molar-refractivity contribution < 1.29 is 24.1 Å². The number of fused-ring (bicyclic) bond motifs is 2. The highest BCUT2D eigenvalue weighted by molar-refractivity contribution is 7.17. The number of benzene rings is 2. The number of hydrogen-bond donors (Lipinski definition) is 0. The lowest BCUT2D eigenvalue weighted by molar-refractivity contribution is -0.384. The molecule has 0 aliphatic heterocycles. The first kappa shape index (κ1) is 22.9. The minimum absolute atomic E-state index is 0.0992. The Kier molecular flexibility index (Phi) is 5.81. The van der Waals surface area contributed by atoms with Crippen molar-refractivity contribution in [3.05, 3.63) is 86.8 Å². The minimum Gasteiger partial charge on any atom is -0.495 e. The Labute approximate surface area is 196 Å². The van der Waals surface area contributed by atoms with Crippen LogP contribution in [-0.2, 0) is 0 Å². The fraction of sp³-hybridized carbons (Fsp3) is 0.0952. The molecular formula is C21H12N2O9S2. The van der Waals surface area contributed by atoms with Gasteiger partial charge in [-0.2, -0.15) is 0 Å². The van der Waals surface area contributed by atoms with E-state index in [0.717, 1.165) is 0 Å². The molecule has 2 heterocycles. The van der Waals surface area contributed by atoms with Crippen LogP contribution in [0.1, 0.15) is 15.9 Å². The minimum atomic E-state index is -0.901. The Morgan fingerprint density at radius 3 is 1.44 bits per heavy atom. The predicted molar refractivity (Wildman–Crippen MR) is 126 cm³/mol. The summed E-state index contributed by atoms with van der Waals surface area (Å²) in [5.74, 6) is -0.702. The lowest BCUT2D eigenvalue weighted by Gasteiger charge is -2.08. The molecule has 0 bridgehead atoms. The van der Waals surface area contributed by atoms with Gasteiger partial charge in [-0.3, -0.25) is 34.6 Å². The summed E-state index contributed by atoms with van der Waals surface area (Å²) in [6, 6.07) is 7.07. The topological polar surface area (TPSA) is 156 Å². The molecule has 34 heavy (non-hydrogen) atoms. The van der Waals surface area contributed by atoms with Crippen LogP contribution in [0.3, 0.4) is 0 Å². The molecule has 13 heteroatoms. The largest absolute Gasteiger partial charge is 0.495 e. The van der Waals surface area contributed by atoms with Gasteiger partial charge in [0.25, 0.3) is 11.4 Å². The molecular weight excluding hydrogens is 488 g/mol. The van der Waals surface area contributed by atoms with Crippen LogP contribution in [0.15, 0.2) is 46.0 Å². The van der Waals surface area contributed by atoms with Gasteiger partial charge in [0, 0.05) is 22.9 Å². The van der Waals surface area contributed by atoms with Gasteiger partial charge < -0.3 is 9.47 Å². The SMILES string of the molecule is COc1cc([N+](=O)[O-])cc2cc(C(=O)c3cc4cc([N+](=O)[O-])cc(OC)c4sc3=O)c(=O)sc12. The molecule has 2 aromatic carbocycles. The number of nitro groups is 2. The number of nitrogens with zero attached hydrogens (tertiary/aromatic N) is 2. The van der Waals surface area contributed by atoms with Crippen molar-refractivity contribution in [3.8, 4) is 11.5 Å². The maximum atomic E-state index is 13.2. The lowest BCUT2D eigenvalue weighted by Crippen LogP contribution is -2.18. The number of ketones is 1. The molecule has 4 aromatic rings. The van der Waals surface area contributed by atoms with E-state index in [4.69, 9.17) is 9.47 Å². The van der Waals surface area contributed by atoms with E-state index in [9.17, 15) is 34.6 Å². The molecule has 0 atom stereocenters. The van der Waals surface area contributed by atoms with Gasteiger partial charge in [-0.05, 0) is 12.1 Å². The molecule has 0 saturated carbocycles. The molecule has 0 spiro atoms. The quantitative estimate of drug-likeness (QED) is 0.218. The molecule has 0 aliphatic rings. The summed E-state index contributed by atoms with van der Waals surface area (Å²) in [6.45, 7) is 0. The van der Waals surface area contributed by atoms with Gasteiger partial charge in [-0.25, -0.2) is 0 Å². The zero-order valence-corrected chi connectivity index (χ0v) is 19.0. The molecule has 0 N–H and O–H groups in total. The van der Waals surface area contributed by atoms with Gasteiger partial charge in [-0.15, -0.1) is 0 Å². The first-order valence-corrected chi connectivity index (χ1v) is 10.9. The molecule has 2 aromatic heterocycles. The second kappa shape index (κ2) is 8.61. The Balaban J connectivity index is 1.94. The number of hydrogen-bond acceptors (Lipinski definition) is 11. The van der Waals surface area contributed by atoms with Gasteiger partial charge in [0.1, 0.15) is 11.5 Å². The predicted octanol–water partition coefficient (Wildman–Crippen LogP) is 3.90. The highest BCUT2D eigenvalue weighted by Gasteiger charge is 2.23. The van der Waals surface area contributed by atoms with Crippen LogP contribution in [-0.4, -0.2) is 29.8 Å². The van der Waals surface area contributed by atoms with E-state index in [1.54, 1.807) is 0 Å². The molecule has 0 unspecified atom stereocenters.